The largest absolute Gasteiger partial charge is 0.509 e. The zero-order valence-corrected chi connectivity index (χ0v) is 12.7. The van der Waals surface area contributed by atoms with Crippen LogP contribution >= 0.6 is 23.4 Å². The van der Waals surface area contributed by atoms with E-state index >= 15 is 0 Å². The van der Waals surface area contributed by atoms with Crippen LogP contribution in [0.15, 0.2) is 46.0 Å². The molecule has 0 saturated carbocycles. The minimum absolute atomic E-state index is 0.0911. The van der Waals surface area contributed by atoms with Gasteiger partial charge in [0.25, 0.3) is 0 Å². The summed E-state index contributed by atoms with van der Waals surface area (Å²) in [6.07, 6.45) is 0. The molecule has 6 nitrogen and oxygen atoms in total. The first-order valence-corrected chi connectivity index (χ1v) is 7.22. The predicted molar refractivity (Wildman–Crippen MR) is 80.3 cm³/mol. The Balaban J connectivity index is 3.05. The van der Waals surface area contributed by atoms with E-state index in [2.05, 4.69) is 10.2 Å². The lowest BCUT2D eigenvalue weighted by Crippen LogP contribution is -2.09. The minimum Gasteiger partial charge on any atom is -0.509 e. The van der Waals surface area contributed by atoms with Crippen LogP contribution < -0.4 is 0 Å². The fraction of sp³-hybridized carbons (Fsp3) is 0.231. The van der Waals surface area contributed by atoms with Gasteiger partial charge >= 0.3 is 5.97 Å². The number of azo groups is 1. The molecule has 0 radical (unpaired) electrons. The summed E-state index contributed by atoms with van der Waals surface area (Å²) in [5.74, 6) is -1.29. The smallest absolute Gasteiger partial charge is 0.362 e. The summed E-state index contributed by atoms with van der Waals surface area (Å²) in [4.78, 5) is 11.7. The molecule has 0 heterocycles. The third kappa shape index (κ3) is 5.45. The summed E-state index contributed by atoms with van der Waals surface area (Å²) in [7, 11) is 0. The van der Waals surface area contributed by atoms with Crippen molar-refractivity contribution < 1.29 is 14.6 Å². The molecule has 0 spiro atoms. The van der Waals surface area contributed by atoms with Gasteiger partial charge in [-0.25, -0.2) is 4.79 Å². The van der Waals surface area contributed by atoms with Crippen molar-refractivity contribution in [3.05, 3.63) is 40.7 Å². The van der Waals surface area contributed by atoms with Crippen molar-refractivity contribution in [2.24, 2.45) is 10.2 Å². The highest BCUT2D eigenvalue weighted by Gasteiger charge is 2.17. The highest BCUT2D eigenvalue weighted by Crippen LogP contribution is 2.25. The van der Waals surface area contributed by atoms with Crippen LogP contribution in [-0.4, -0.2) is 23.4 Å². The molecule has 1 N–H and O–H groups in total. The Morgan fingerprint density at radius 1 is 1.52 bits per heavy atom. The molecule has 0 aliphatic carbocycles. The van der Waals surface area contributed by atoms with Crippen molar-refractivity contribution in [3.63, 3.8) is 0 Å². The molecule has 21 heavy (non-hydrogen) atoms. The molecule has 0 aliphatic heterocycles. The van der Waals surface area contributed by atoms with Gasteiger partial charge in [-0.3, -0.25) is 0 Å². The second-order valence-corrected chi connectivity index (χ2v) is 4.71. The second kappa shape index (κ2) is 9.00. The van der Waals surface area contributed by atoms with Gasteiger partial charge in [0.05, 0.1) is 17.4 Å². The summed E-state index contributed by atoms with van der Waals surface area (Å²) in [6, 6.07) is 6.66. The monoisotopic (exact) mass is 325 g/mol. The number of nitrogens with zero attached hydrogens (tertiary/aromatic N) is 3. The van der Waals surface area contributed by atoms with Gasteiger partial charge in [-0.2, -0.15) is 5.26 Å². The van der Waals surface area contributed by atoms with Crippen molar-refractivity contribution >= 4 is 35.0 Å². The first-order chi connectivity index (χ1) is 10.1. The maximum atomic E-state index is 11.7. The van der Waals surface area contributed by atoms with E-state index in [1.165, 1.54) is 0 Å². The van der Waals surface area contributed by atoms with Crippen LogP contribution in [0, 0.1) is 10.7 Å². The number of thioether (sulfide) groups is 1. The molecule has 1 aromatic carbocycles. The second-order valence-electron chi connectivity index (χ2n) is 3.55. The Morgan fingerprint density at radius 2 is 2.24 bits per heavy atom. The Morgan fingerprint density at radius 3 is 2.86 bits per heavy atom. The quantitative estimate of drug-likeness (QED) is 0.281. The van der Waals surface area contributed by atoms with Crippen LogP contribution in [0.1, 0.15) is 6.92 Å². The number of halogens is 1. The fourth-order valence-electron chi connectivity index (χ4n) is 1.22. The maximum absolute atomic E-state index is 11.7. The number of thiocyanates is 1. The van der Waals surface area contributed by atoms with Gasteiger partial charge in [0.15, 0.2) is 0 Å². The number of nitriles is 1. The molecule has 0 atom stereocenters. The average Bonchev–Trinajstić information content (AvgIpc) is 2.47. The Bertz CT molecular complexity index is 611. The molecule has 1 aromatic rings. The summed E-state index contributed by atoms with van der Waals surface area (Å²) in [5, 5.41) is 27.9. The molecule has 0 fully saturated rings. The molecule has 0 saturated heterocycles. The number of hydrogen-bond donors (Lipinski definition) is 1. The zero-order valence-electron chi connectivity index (χ0n) is 11.1. The molecule has 0 amide bonds. The van der Waals surface area contributed by atoms with Gasteiger partial charge in [-0.05, 0) is 30.8 Å². The molecule has 0 bridgehead atoms. The lowest BCUT2D eigenvalue weighted by molar-refractivity contribution is -0.138. The molecule has 0 aromatic heterocycles. The fourth-order valence-corrected chi connectivity index (χ4v) is 1.73. The van der Waals surface area contributed by atoms with Gasteiger partial charge in [0, 0.05) is 0 Å². The first kappa shape index (κ1) is 17.0. The number of benzene rings is 1. The van der Waals surface area contributed by atoms with Crippen LogP contribution in [0.5, 0.6) is 0 Å². The SMILES string of the molecule is CCOC(=O)C(N=Nc1ccccc1Cl)=C(O)CSC#N. The summed E-state index contributed by atoms with van der Waals surface area (Å²) in [6.45, 7) is 1.75. The van der Waals surface area contributed by atoms with E-state index in [1.54, 1.807) is 36.6 Å². The Labute approximate surface area is 131 Å². The van der Waals surface area contributed by atoms with Gasteiger partial charge in [-0.1, -0.05) is 23.7 Å². The first-order valence-electron chi connectivity index (χ1n) is 5.86. The van der Waals surface area contributed by atoms with E-state index in [4.69, 9.17) is 21.6 Å². The van der Waals surface area contributed by atoms with Crippen LogP contribution in [-0.2, 0) is 9.53 Å². The maximum Gasteiger partial charge on any atom is 0.362 e. The Hall–Kier alpha value is -2.04. The molecular weight excluding hydrogens is 314 g/mol. The molecule has 0 unspecified atom stereocenters. The number of hydrogen-bond acceptors (Lipinski definition) is 7. The lowest BCUT2D eigenvalue weighted by atomic mass is 10.3. The summed E-state index contributed by atoms with van der Waals surface area (Å²) in [5.41, 5.74) is 0.00113. The van der Waals surface area contributed by atoms with E-state index in [9.17, 15) is 9.90 Å². The van der Waals surface area contributed by atoms with Crippen molar-refractivity contribution in [2.75, 3.05) is 12.4 Å². The molecule has 110 valence electrons. The summed E-state index contributed by atoms with van der Waals surface area (Å²) >= 11 is 6.68. The zero-order chi connectivity index (χ0) is 15.7. The lowest BCUT2D eigenvalue weighted by Gasteiger charge is -2.04. The van der Waals surface area contributed by atoms with Gasteiger partial charge in [0.2, 0.25) is 5.70 Å². The van der Waals surface area contributed by atoms with Gasteiger partial charge in [0.1, 0.15) is 16.8 Å². The summed E-state index contributed by atoms with van der Waals surface area (Å²) < 4.78 is 4.79. The minimum atomic E-state index is -0.815. The standard InChI is InChI=1S/C13H12ClN3O3S/c1-2-20-13(19)12(11(18)7-21-8-15)17-16-10-6-4-3-5-9(10)14/h3-6,18H,2,7H2,1H3. The highest BCUT2D eigenvalue weighted by molar-refractivity contribution is 8.03. The number of carbonyl (C=O) groups excluding carboxylic acids is 1. The van der Waals surface area contributed by atoms with Crippen LogP contribution in [0.3, 0.4) is 0 Å². The molecular formula is C13H12ClN3O3S. The predicted octanol–water partition coefficient (Wildman–Crippen LogP) is 3.97. The van der Waals surface area contributed by atoms with Crippen LogP contribution in [0.4, 0.5) is 5.69 Å². The molecule has 8 heteroatoms. The molecule has 1 rings (SSSR count). The van der Waals surface area contributed by atoms with Crippen molar-refractivity contribution in [2.45, 2.75) is 6.92 Å². The number of aliphatic hydroxyl groups is 1. The van der Waals surface area contributed by atoms with Crippen LogP contribution in [0.25, 0.3) is 0 Å². The molecule has 0 aliphatic rings. The average molecular weight is 326 g/mol. The number of ether oxygens (including phenoxy) is 1. The topological polar surface area (TPSA) is 95.0 Å². The van der Waals surface area contributed by atoms with Gasteiger partial charge in [-0.15, -0.1) is 10.2 Å². The van der Waals surface area contributed by atoms with E-state index in [1.807, 2.05) is 0 Å². The van der Waals surface area contributed by atoms with E-state index in [-0.39, 0.29) is 23.8 Å². The van der Waals surface area contributed by atoms with Crippen molar-refractivity contribution in [1.29, 1.82) is 5.26 Å². The van der Waals surface area contributed by atoms with Crippen molar-refractivity contribution in [1.82, 2.24) is 0 Å². The van der Waals surface area contributed by atoms with Crippen molar-refractivity contribution in [3.8, 4) is 5.40 Å². The highest BCUT2D eigenvalue weighted by atomic mass is 35.5. The van der Waals surface area contributed by atoms with E-state index in [0.717, 1.165) is 11.8 Å². The third-order valence-electron chi connectivity index (χ3n) is 2.13. The van der Waals surface area contributed by atoms with Crippen LogP contribution in [0.2, 0.25) is 5.02 Å². The number of carbonyl (C=O) groups is 1. The number of esters is 1. The normalized spacial score (nSPS) is 11.9. The van der Waals surface area contributed by atoms with E-state index in [0.29, 0.717) is 10.7 Å². The Kier molecular flexibility index (Phi) is 7.29. The third-order valence-corrected chi connectivity index (χ3v) is 2.99. The van der Waals surface area contributed by atoms with E-state index < -0.39 is 5.97 Å². The van der Waals surface area contributed by atoms with Gasteiger partial charge < -0.3 is 9.84 Å². The number of rotatable bonds is 6. The number of aliphatic hydroxyl groups excluding tert-OH is 1.